The van der Waals surface area contributed by atoms with E-state index < -0.39 is 5.97 Å². The number of hydrogen-bond acceptors (Lipinski definition) is 4. The molecule has 120 valence electrons. The number of methoxy groups -OCH3 is 1. The molecule has 1 N–H and O–H groups in total. The molecule has 0 aliphatic rings. The summed E-state index contributed by atoms with van der Waals surface area (Å²) in [5.74, 6) is -0.318. The van der Waals surface area contributed by atoms with E-state index in [1.807, 2.05) is 25.1 Å². The maximum Gasteiger partial charge on any atom is 0.343 e. The molecule has 0 atom stereocenters. The van der Waals surface area contributed by atoms with E-state index in [4.69, 9.17) is 4.74 Å². The van der Waals surface area contributed by atoms with Crippen molar-refractivity contribution in [1.82, 2.24) is 0 Å². The highest BCUT2D eigenvalue weighted by atomic mass is 79.9. The summed E-state index contributed by atoms with van der Waals surface area (Å²) >= 11 is 3.43. The van der Waals surface area contributed by atoms with Gasteiger partial charge in [-0.25, -0.2) is 4.79 Å². The van der Waals surface area contributed by atoms with Crippen LogP contribution in [0.1, 0.15) is 15.9 Å². The number of nitrogens with one attached hydrogen (secondary N) is 1. The second kappa shape index (κ2) is 7.78. The molecule has 2 rings (SSSR count). The van der Waals surface area contributed by atoms with Gasteiger partial charge in [0, 0.05) is 15.7 Å². The Labute approximate surface area is 142 Å². The smallest absolute Gasteiger partial charge is 0.343 e. The molecule has 23 heavy (non-hydrogen) atoms. The van der Waals surface area contributed by atoms with Gasteiger partial charge >= 0.3 is 5.97 Å². The predicted octanol–water partition coefficient (Wildman–Crippen LogP) is 3.56. The lowest BCUT2D eigenvalue weighted by molar-refractivity contribution is -0.142. The van der Waals surface area contributed by atoms with Gasteiger partial charge < -0.3 is 14.8 Å². The third-order valence-corrected chi connectivity index (χ3v) is 3.96. The molecule has 0 bridgehead atoms. The molecular formula is C17H16BrNO4. The van der Waals surface area contributed by atoms with Gasteiger partial charge in [0.2, 0.25) is 0 Å². The van der Waals surface area contributed by atoms with E-state index in [-0.39, 0.29) is 12.5 Å². The number of carbonyl (C=O) groups is 2. The van der Waals surface area contributed by atoms with Gasteiger partial charge in [0.05, 0.1) is 7.11 Å². The van der Waals surface area contributed by atoms with Gasteiger partial charge in [-0.3, -0.25) is 4.79 Å². The fourth-order valence-corrected chi connectivity index (χ4v) is 2.18. The monoisotopic (exact) mass is 377 g/mol. The lowest BCUT2D eigenvalue weighted by Gasteiger charge is -2.09. The molecule has 0 aliphatic carbocycles. The Kier molecular flexibility index (Phi) is 5.76. The van der Waals surface area contributed by atoms with Crippen LogP contribution in [-0.2, 0) is 9.53 Å². The molecule has 1 amide bonds. The summed E-state index contributed by atoms with van der Waals surface area (Å²) in [4.78, 5) is 23.4. The number of carbonyl (C=O) groups excluding carboxylic acids is 2. The van der Waals surface area contributed by atoms with E-state index in [9.17, 15) is 9.59 Å². The quantitative estimate of drug-likeness (QED) is 0.809. The topological polar surface area (TPSA) is 64.6 Å². The Balaban J connectivity index is 2.07. The summed E-state index contributed by atoms with van der Waals surface area (Å²) in [5.41, 5.74) is 2.21. The average Bonchev–Trinajstić information content (AvgIpc) is 2.56. The summed E-state index contributed by atoms with van der Waals surface area (Å²) in [6.07, 6.45) is 0. The molecule has 6 heteroatoms. The molecule has 0 heterocycles. The standard InChI is InChI=1S/C17H16BrNO4/c1-11-6-7-13(9-15(11)18)19-17(21)12-4-3-5-14(8-12)23-10-16(20)22-2/h3-9H,10H2,1-2H3,(H,19,21). The Morgan fingerprint density at radius 3 is 2.65 bits per heavy atom. The van der Waals surface area contributed by atoms with Gasteiger partial charge in [0.1, 0.15) is 5.75 Å². The molecular weight excluding hydrogens is 362 g/mol. The first-order valence-corrected chi connectivity index (χ1v) is 7.66. The summed E-state index contributed by atoms with van der Waals surface area (Å²) in [6.45, 7) is 1.77. The summed E-state index contributed by atoms with van der Waals surface area (Å²) < 4.78 is 10.7. The molecule has 5 nitrogen and oxygen atoms in total. The molecule has 0 saturated carbocycles. The van der Waals surface area contributed by atoms with Crippen LogP contribution in [0, 0.1) is 6.92 Å². The second-order valence-electron chi connectivity index (χ2n) is 4.81. The van der Waals surface area contributed by atoms with Crippen molar-refractivity contribution >= 4 is 33.5 Å². The van der Waals surface area contributed by atoms with Crippen molar-refractivity contribution in [3.05, 3.63) is 58.1 Å². The maximum absolute atomic E-state index is 12.3. The highest BCUT2D eigenvalue weighted by molar-refractivity contribution is 9.10. The van der Waals surface area contributed by atoms with Crippen molar-refractivity contribution < 1.29 is 19.1 Å². The molecule has 2 aromatic rings. The molecule has 0 aromatic heterocycles. The Morgan fingerprint density at radius 1 is 1.17 bits per heavy atom. The van der Waals surface area contributed by atoms with Crippen molar-refractivity contribution in [1.29, 1.82) is 0 Å². The predicted molar refractivity (Wildman–Crippen MR) is 90.8 cm³/mol. The maximum atomic E-state index is 12.3. The van der Waals surface area contributed by atoms with Crippen molar-refractivity contribution in [3.63, 3.8) is 0 Å². The van der Waals surface area contributed by atoms with Gasteiger partial charge in [-0.15, -0.1) is 0 Å². The van der Waals surface area contributed by atoms with Gasteiger partial charge in [-0.05, 0) is 42.8 Å². The van der Waals surface area contributed by atoms with E-state index >= 15 is 0 Å². The minimum absolute atomic E-state index is 0.202. The lowest BCUT2D eigenvalue weighted by Crippen LogP contribution is -2.14. The lowest BCUT2D eigenvalue weighted by atomic mass is 10.2. The number of hydrogen-bond donors (Lipinski definition) is 1. The first kappa shape index (κ1) is 17.0. The first-order chi connectivity index (χ1) is 11.0. The number of amides is 1. The fourth-order valence-electron chi connectivity index (χ4n) is 1.80. The summed E-state index contributed by atoms with van der Waals surface area (Å²) in [5, 5.41) is 2.81. The number of halogens is 1. The van der Waals surface area contributed by atoms with Crippen LogP contribution in [-0.4, -0.2) is 25.6 Å². The SMILES string of the molecule is COC(=O)COc1cccc(C(=O)Nc2ccc(C)c(Br)c2)c1. The molecule has 0 spiro atoms. The van der Waals surface area contributed by atoms with Crippen molar-refractivity contribution in [2.24, 2.45) is 0 Å². The van der Waals surface area contributed by atoms with Crippen molar-refractivity contribution in [3.8, 4) is 5.75 Å². The zero-order valence-electron chi connectivity index (χ0n) is 12.8. The molecule has 2 aromatic carbocycles. The van der Waals surface area contributed by atoms with Crippen molar-refractivity contribution in [2.45, 2.75) is 6.92 Å². The highest BCUT2D eigenvalue weighted by Crippen LogP contribution is 2.21. The van der Waals surface area contributed by atoms with E-state index in [2.05, 4.69) is 26.0 Å². The minimum atomic E-state index is -0.482. The van der Waals surface area contributed by atoms with Crippen LogP contribution in [0.4, 0.5) is 5.69 Å². The molecule has 0 fully saturated rings. The molecule has 0 aliphatic heterocycles. The Bertz CT molecular complexity index is 730. The van der Waals surface area contributed by atoms with Crippen LogP contribution in [0.3, 0.4) is 0 Å². The zero-order chi connectivity index (χ0) is 16.8. The van der Waals surface area contributed by atoms with Crippen LogP contribution in [0.2, 0.25) is 0 Å². The van der Waals surface area contributed by atoms with E-state index in [0.717, 1.165) is 10.0 Å². The molecule has 0 radical (unpaired) electrons. The van der Waals surface area contributed by atoms with Gasteiger partial charge in [0.25, 0.3) is 5.91 Å². The van der Waals surface area contributed by atoms with Crippen LogP contribution in [0.25, 0.3) is 0 Å². The van der Waals surface area contributed by atoms with Crippen LogP contribution in [0.5, 0.6) is 5.75 Å². The Hall–Kier alpha value is -2.34. The van der Waals surface area contributed by atoms with Crippen LogP contribution >= 0.6 is 15.9 Å². The minimum Gasteiger partial charge on any atom is -0.482 e. The van der Waals surface area contributed by atoms with Gasteiger partial charge in [0.15, 0.2) is 6.61 Å². The summed E-state index contributed by atoms with van der Waals surface area (Å²) in [6, 6.07) is 12.2. The normalized spacial score (nSPS) is 10.0. The van der Waals surface area contributed by atoms with E-state index in [1.165, 1.54) is 7.11 Å². The zero-order valence-corrected chi connectivity index (χ0v) is 14.3. The largest absolute Gasteiger partial charge is 0.482 e. The third kappa shape index (κ3) is 4.82. The number of ether oxygens (including phenoxy) is 2. The van der Waals surface area contributed by atoms with Gasteiger partial charge in [-0.2, -0.15) is 0 Å². The third-order valence-electron chi connectivity index (χ3n) is 3.11. The van der Waals surface area contributed by atoms with Crippen LogP contribution in [0.15, 0.2) is 46.9 Å². The molecule has 0 unspecified atom stereocenters. The van der Waals surface area contributed by atoms with Gasteiger partial charge in [-0.1, -0.05) is 28.1 Å². The number of anilines is 1. The average molecular weight is 378 g/mol. The number of rotatable bonds is 5. The van der Waals surface area contributed by atoms with E-state index in [0.29, 0.717) is 17.0 Å². The van der Waals surface area contributed by atoms with Crippen molar-refractivity contribution in [2.75, 3.05) is 19.0 Å². The Morgan fingerprint density at radius 2 is 1.96 bits per heavy atom. The van der Waals surface area contributed by atoms with Crippen LogP contribution < -0.4 is 10.1 Å². The summed E-state index contributed by atoms with van der Waals surface area (Å²) in [7, 11) is 1.29. The number of esters is 1. The highest BCUT2D eigenvalue weighted by Gasteiger charge is 2.09. The van der Waals surface area contributed by atoms with E-state index in [1.54, 1.807) is 24.3 Å². The fraction of sp³-hybridized carbons (Fsp3) is 0.176. The molecule has 0 saturated heterocycles. The number of aryl methyl sites for hydroxylation is 1. The first-order valence-electron chi connectivity index (χ1n) is 6.87. The number of benzene rings is 2. The second-order valence-corrected chi connectivity index (χ2v) is 5.67.